The fourth-order valence-electron chi connectivity index (χ4n) is 7.05. The Balaban J connectivity index is 1.08. The molecule has 3 heterocycles. The summed E-state index contributed by atoms with van der Waals surface area (Å²) in [6, 6.07) is 54.3. The molecule has 0 N–H and O–H groups in total. The summed E-state index contributed by atoms with van der Waals surface area (Å²) in [6.45, 7) is 1.91. The summed E-state index contributed by atoms with van der Waals surface area (Å²) >= 11 is 0. The summed E-state index contributed by atoms with van der Waals surface area (Å²) in [4.78, 5) is 5.04. The average Bonchev–Trinajstić information content (AvgIpc) is 3.69. The first-order chi connectivity index (χ1) is 23.5. The molecule has 9 rings (SSSR count). The van der Waals surface area contributed by atoms with E-state index in [0.29, 0.717) is 5.82 Å². The van der Waals surface area contributed by atoms with Gasteiger partial charge in [-0.05, 0) is 63.3 Å². The van der Waals surface area contributed by atoms with Crippen LogP contribution in [-0.4, -0.2) is 21.3 Å². The average molecular weight is 636 g/mol. The van der Waals surface area contributed by atoms with Crippen LogP contribution in [0.5, 0.6) is 0 Å². The highest BCUT2D eigenvalue weighted by Crippen LogP contribution is 2.52. The van der Waals surface area contributed by atoms with Crippen LogP contribution >= 0.6 is 7.14 Å². The first-order valence-corrected chi connectivity index (χ1v) is 18.2. The summed E-state index contributed by atoms with van der Waals surface area (Å²) in [5.41, 5.74) is 12.6. The van der Waals surface area contributed by atoms with Gasteiger partial charge >= 0.3 is 0 Å². The van der Waals surface area contributed by atoms with Gasteiger partial charge in [-0.2, -0.15) is 0 Å². The van der Waals surface area contributed by atoms with Crippen LogP contribution in [0.4, 0.5) is 0 Å². The van der Waals surface area contributed by atoms with Crippen molar-refractivity contribution in [3.63, 3.8) is 0 Å². The molecule has 0 fully saturated rings. The number of rotatable bonds is 5. The molecule has 228 valence electrons. The molecule has 2 aromatic heterocycles. The van der Waals surface area contributed by atoms with E-state index in [1.807, 2.05) is 41.5 Å². The molecule has 0 bridgehead atoms. The quantitative estimate of drug-likeness (QED) is 0.177. The Morgan fingerprint density at radius 1 is 0.479 bits per heavy atom. The van der Waals surface area contributed by atoms with E-state index in [2.05, 4.69) is 134 Å². The zero-order valence-electron chi connectivity index (χ0n) is 26.3. The molecule has 1 aliphatic heterocycles. The second-order valence-corrected chi connectivity index (χ2v) is 15.2. The highest BCUT2D eigenvalue weighted by molar-refractivity contribution is 7.79. The molecule has 1 aliphatic rings. The molecule has 4 nitrogen and oxygen atoms in total. The topological polar surface area (TPSA) is 47.3 Å². The van der Waals surface area contributed by atoms with Gasteiger partial charge in [0.2, 0.25) is 0 Å². The summed E-state index contributed by atoms with van der Waals surface area (Å²) in [5, 5.41) is 6.87. The van der Waals surface area contributed by atoms with Gasteiger partial charge in [-0.25, -0.2) is 9.50 Å². The number of pyridine rings is 1. The van der Waals surface area contributed by atoms with Crippen molar-refractivity contribution in [3.8, 4) is 67.0 Å². The van der Waals surface area contributed by atoms with E-state index in [-0.39, 0.29) is 0 Å². The summed E-state index contributed by atoms with van der Waals surface area (Å²) in [7, 11) is -2.73. The SMILES string of the molecule is CP1(=O)c2ccccc2-c2cccc(-c3cccc(-c4ccc(-c5nc6c(-c7ccccc7)cc(-c7ccccc7)cn6n5)cc4)c3)c21. The number of benzene rings is 6. The van der Waals surface area contributed by atoms with E-state index in [1.54, 1.807) is 0 Å². The molecule has 1 atom stereocenters. The van der Waals surface area contributed by atoms with Crippen molar-refractivity contribution in [3.05, 3.63) is 164 Å². The van der Waals surface area contributed by atoms with Crippen LogP contribution in [0.3, 0.4) is 0 Å². The van der Waals surface area contributed by atoms with Crippen molar-refractivity contribution >= 4 is 23.4 Å². The van der Waals surface area contributed by atoms with Gasteiger partial charge in [0.05, 0.1) is 0 Å². The molecule has 1 unspecified atom stereocenters. The lowest BCUT2D eigenvalue weighted by Gasteiger charge is -2.15. The van der Waals surface area contributed by atoms with Gasteiger partial charge in [-0.3, -0.25) is 0 Å². The Morgan fingerprint density at radius 3 is 1.85 bits per heavy atom. The van der Waals surface area contributed by atoms with Gasteiger partial charge in [0, 0.05) is 33.5 Å². The Kier molecular flexibility index (Phi) is 6.60. The van der Waals surface area contributed by atoms with Gasteiger partial charge in [0.1, 0.15) is 7.14 Å². The maximum Gasteiger partial charge on any atom is 0.182 e. The lowest BCUT2D eigenvalue weighted by Crippen LogP contribution is -2.11. The highest BCUT2D eigenvalue weighted by Gasteiger charge is 2.36. The molecular weight excluding hydrogens is 605 g/mol. The van der Waals surface area contributed by atoms with Crippen molar-refractivity contribution in [2.45, 2.75) is 0 Å². The zero-order chi connectivity index (χ0) is 32.2. The minimum Gasteiger partial charge on any atom is -0.314 e. The zero-order valence-corrected chi connectivity index (χ0v) is 27.2. The van der Waals surface area contributed by atoms with Crippen LogP contribution in [0.1, 0.15) is 0 Å². The second kappa shape index (κ2) is 11.2. The van der Waals surface area contributed by atoms with Gasteiger partial charge in [-0.15, -0.1) is 5.10 Å². The Hall–Kier alpha value is -5.83. The fraction of sp³-hybridized carbons (Fsp3) is 0.0233. The third-order valence-corrected chi connectivity index (χ3v) is 12.0. The molecule has 0 saturated carbocycles. The molecule has 0 aliphatic carbocycles. The van der Waals surface area contributed by atoms with Crippen LogP contribution in [0.2, 0.25) is 0 Å². The number of hydrogen-bond acceptors (Lipinski definition) is 3. The van der Waals surface area contributed by atoms with E-state index >= 15 is 0 Å². The van der Waals surface area contributed by atoms with Crippen molar-refractivity contribution in [2.24, 2.45) is 0 Å². The minimum absolute atomic E-state index is 0.677. The lowest BCUT2D eigenvalue weighted by atomic mass is 9.96. The molecule has 5 heteroatoms. The third-order valence-electron chi connectivity index (χ3n) is 9.39. The van der Waals surface area contributed by atoms with Gasteiger partial charge in [0.25, 0.3) is 0 Å². The fourth-order valence-corrected chi connectivity index (χ4v) is 9.64. The molecule has 0 spiro atoms. The van der Waals surface area contributed by atoms with E-state index in [4.69, 9.17) is 10.1 Å². The maximum atomic E-state index is 14.2. The highest BCUT2D eigenvalue weighted by atomic mass is 31.2. The molecule has 6 aromatic carbocycles. The summed E-state index contributed by atoms with van der Waals surface area (Å²) in [6.07, 6.45) is 2.06. The number of aromatic nitrogens is 3. The predicted octanol–water partition coefficient (Wildman–Crippen LogP) is 9.99. The van der Waals surface area contributed by atoms with Crippen molar-refractivity contribution in [1.82, 2.24) is 14.6 Å². The van der Waals surface area contributed by atoms with Crippen LogP contribution in [0.25, 0.3) is 72.7 Å². The van der Waals surface area contributed by atoms with Gasteiger partial charge in [-0.1, -0.05) is 146 Å². The minimum atomic E-state index is -2.73. The van der Waals surface area contributed by atoms with E-state index in [0.717, 1.165) is 77.5 Å². The molecule has 0 saturated heterocycles. The molecule has 0 radical (unpaired) electrons. The number of fused-ring (bicyclic) bond motifs is 4. The monoisotopic (exact) mass is 635 g/mol. The standard InChI is InChI=1S/C43H30N3OP/c1-48(47)40-21-9-8-18-37(40)38-20-11-19-36(41(38)48)34-17-10-16-33(26-34)30-22-24-32(25-23-30)42-44-43-39(31-14-6-3-7-15-31)27-35(28-46(43)45-42)29-12-4-2-5-13-29/h2-28H,1H3. The molecular formula is C43H30N3OP. The lowest BCUT2D eigenvalue weighted by molar-refractivity contribution is 0.591. The summed E-state index contributed by atoms with van der Waals surface area (Å²) in [5.74, 6) is 0.677. The Bertz CT molecular complexity index is 2540. The van der Waals surface area contributed by atoms with Crippen molar-refractivity contribution in [1.29, 1.82) is 0 Å². The van der Waals surface area contributed by atoms with E-state index in [1.165, 1.54) is 0 Å². The van der Waals surface area contributed by atoms with Crippen molar-refractivity contribution < 1.29 is 4.57 Å². The number of hydrogen-bond donors (Lipinski definition) is 0. The van der Waals surface area contributed by atoms with Gasteiger partial charge in [0.15, 0.2) is 11.5 Å². The largest absolute Gasteiger partial charge is 0.314 e. The Morgan fingerprint density at radius 2 is 1.06 bits per heavy atom. The van der Waals surface area contributed by atoms with E-state index < -0.39 is 7.14 Å². The first kappa shape index (κ1) is 28.4. The normalized spacial score (nSPS) is 14.9. The van der Waals surface area contributed by atoms with Gasteiger partial charge < -0.3 is 4.57 Å². The van der Waals surface area contributed by atoms with Crippen LogP contribution < -0.4 is 10.6 Å². The predicted molar refractivity (Wildman–Crippen MR) is 198 cm³/mol. The smallest absolute Gasteiger partial charge is 0.182 e. The van der Waals surface area contributed by atoms with Crippen LogP contribution in [0.15, 0.2) is 164 Å². The van der Waals surface area contributed by atoms with Crippen LogP contribution in [-0.2, 0) is 4.57 Å². The van der Waals surface area contributed by atoms with Crippen LogP contribution in [0, 0.1) is 0 Å². The van der Waals surface area contributed by atoms with E-state index in [9.17, 15) is 4.57 Å². The number of nitrogens with zero attached hydrogens (tertiary/aromatic N) is 3. The first-order valence-electron chi connectivity index (χ1n) is 16.1. The molecule has 48 heavy (non-hydrogen) atoms. The molecule has 0 amide bonds. The molecule has 8 aromatic rings. The second-order valence-electron chi connectivity index (χ2n) is 12.4. The third kappa shape index (κ3) is 4.65. The Labute approximate surface area is 279 Å². The van der Waals surface area contributed by atoms with Crippen molar-refractivity contribution in [2.75, 3.05) is 6.66 Å². The summed E-state index contributed by atoms with van der Waals surface area (Å²) < 4.78 is 16.1. The maximum absolute atomic E-state index is 14.2.